The lowest BCUT2D eigenvalue weighted by molar-refractivity contribution is 0.185. The van der Waals surface area contributed by atoms with Crippen molar-refractivity contribution in [1.29, 1.82) is 0 Å². The van der Waals surface area contributed by atoms with Crippen LogP contribution >= 0.6 is 11.3 Å². The fraction of sp³-hybridized carbons (Fsp3) is 0.556. The van der Waals surface area contributed by atoms with Gasteiger partial charge in [0, 0.05) is 11.4 Å². The molecule has 0 spiro atoms. The molecule has 0 aromatic carbocycles. The molecule has 0 aliphatic heterocycles. The lowest BCUT2D eigenvalue weighted by Gasteiger charge is -2.12. The van der Waals surface area contributed by atoms with Gasteiger partial charge in [0.05, 0.1) is 5.25 Å². The molecule has 1 atom stereocenters. The number of hydrogen-bond donors (Lipinski definition) is 2. The summed E-state index contributed by atoms with van der Waals surface area (Å²) in [6.07, 6.45) is -0.765. The van der Waals surface area contributed by atoms with Crippen LogP contribution in [0.15, 0.2) is 17.5 Å². The van der Waals surface area contributed by atoms with Gasteiger partial charge in [0.15, 0.2) is 0 Å². The number of thiophene rings is 1. The molecule has 0 saturated carbocycles. The molecule has 0 fully saturated rings. The minimum absolute atomic E-state index is 0.0288. The minimum Gasteiger partial charge on any atom is -0.386 e. The monoisotopic (exact) mass is 249 g/mol. The zero-order chi connectivity index (χ0) is 11.5. The summed E-state index contributed by atoms with van der Waals surface area (Å²) in [6.45, 7) is 3.22. The zero-order valence-electron chi connectivity index (χ0n) is 8.67. The van der Waals surface area contributed by atoms with Crippen LogP contribution in [0.3, 0.4) is 0 Å². The minimum atomic E-state index is -3.29. The van der Waals surface area contributed by atoms with Crippen molar-refractivity contribution in [1.82, 2.24) is 4.72 Å². The van der Waals surface area contributed by atoms with E-state index in [4.69, 9.17) is 0 Å². The van der Waals surface area contributed by atoms with Gasteiger partial charge in [-0.15, -0.1) is 11.3 Å². The Labute approximate surface area is 94.0 Å². The van der Waals surface area contributed by atoms with Crippen molar-refractivity contribution >= 4 is 21.4 Å². The molecule has 1 heterocycles. The van der Waals surface area contributed by atoms with Gasteiger partial charge in [-0.25, -0.2) is 13.1 Å². The molecule has 0 amide bonds. The molecule has 4 nitrogen and oxygen atoms in total. The van der Waals surface area contributed by atoms with E-state index in [2.05, 4.69) is 4.72 Å². The molecule has 1 aromatic rings. The maximum absolute atomic E-state index is 11.4. The van der Waals surface area contributed by atoms with Crippen molar-refractivity contribution in [2.24, 2.45) is 0 Å². The van der Waals surface area contributed by atoms with Gasteiger partial charge < -0.3 is 5.11 Å². The van der Waals surface area contributed by atoms with Crippen LogP contribution in [0.1, 0.15) is 24.8 Å². The maximum atomic E-state index is 11.4. The normalized spacial score (nSPS) is 14.4. The smallest absolute Gasteiger partial charge is 0.214 e. The summed E-state index contributed by atoms with van der Waals surface area (Å²) in [6, 6.07) is 3.60. The number of rotatable bonds is 5. The van der Waals surface area contributed by atoms with Gasteiger partial charge >= 0.3 is 0 Å². The Morgan fingerprint density at radius 3 is 2.67 bits per heavy atom. The number of sulfonamides is 1. The lowest BCUT2D eigenvalue weighted by Crippen LogP contribution is -2.33. The zero-order valence-corrected chi connectivity index (χ0v) is 10.3. The summed E-state index contributed by atoms with van der Waals surface area (Å²) in [5, 5.41) is 11.0. The van der Waals surface area contributed by atoms with Gasteiger partial charge in [-0.1, -0.05) is 6.07 Å². The first-order valence-corrected chi connectivity index (χ1v) is 7.06. The standard InChI is InChI=1S/C9H15NO3S2/c1-7(2)15(12,13)10-6-8(11)9-4-3-5-14-9/h3-5,7-8,10-11H,6H2,1-2H3. The van der Waals surface area contributed by atoms with Crippen LogP contribution in [-0.2, 0) is 10.0 Å². The molecule has 15 heavy (non-hydrogen) atoms. The summed E-state index contributed by atoms with van der Waals surface area (Å²) in [5.74, 6) is 0. The Bertz CT molecular complexity index is 383. The average molecular weight is 249 g/mol. The fourth-order valence-corrected chi connectivity index (χ4v) is 2.38. The van der Waals surface area contributed by atoms with E-state index in [9.17, 15) is 13.5 Å². The first-order valence-electron chi connectivity index (χ1n) is 4.63. The van der Waals surface area contributed by atoms with Crippen LogP contribution in [0.4, 0.5) is 0 Å². The number of nitrogens with one attached hydrogen (secondary N) is 1. The predicted octanol–water partition coefficient (Wildman–Crippen LogP) is 1.11. The van der Waals surface area contributed by atoms with Crippen molar-refractivity contribution in [3.8, 4) is 0 Å². The SMILES string of the molecule is CC(C)S(=O)(=O)NCC(O)c1cccs1. The van der Waals surface area contributed by atoms with Crippen LogP contribution in [0.2, 0.25) is 0 Å². The van der Waals surface area contributed by atoms with Crippen molar-refractivity contribution in [2.45, 2.75) is 25.2 Å². The Morgan fingerprint density at radius 1 is 1.53 bits per heavy atom. The molecule has 0 aliphatic rings. The van der Waals surface area contributed by atoms with Crippen molar-refractivity contribution in [3.05, 3.63) is 22.4 Å². The van der Waals surface area contributed by atoms with E-state index in [1.165, 1.54) is 11.3 Å². The fourth-order valence-electron chi connectivity index (χ4n) is 0.943. The largest absolute Gasteiger partial charge is 0.386 e. The molecule has 0 aliphatic carbocycles. The Hall–Kier alpha value is -0.430. The van der Waals surface area contributed by atoms with E-state index in [0.29, 0.717) is 0 Å². The molecule has 6 heteroatoms. The van der Waals surface area contributed by atoms with E-state index < -0.39 is 21.4 Å². The van der Waals surface area contributed by atoms with Crippen LogP contribution < -0.4 is 4.72 Å². The molecule has 1 aromatic heterocycles. The van der Waals surface area contributed by atoms with Gasteiger partial charge in [0.1, 0.15) is 6.10 Å². The predicted molar refractivity (Wildman–Crippen MR) is 61.3 cm³/mol. The highest BCUT2D eigenvalue weighted by molar-refractivity contribution is 7.90. The first kappa shape index (κ1) is 12.6. The maximum Gasteiger partial charge on any atom is 0.214 e. The average Bonchev–Trinajstić information content (AvgIpc) is 2.66. The van der Waals surface area contributed by atoms with E-state index in [1.807, 2.05) is 11.4 Å². The van der Waals surface area contributed by atoms with Crippen molar-refractivity contribution < 1.29 is 13.5 Å². The summed E-state index contributed by atoms with van der Waals surface area (Å²) in [5.41, 5.74) is 0. The number of aliphatic hydroxyl groups is 1. The topological polar surface area (TPSA) is 66.4 Å². The molecule has 1 unspecified atom stereocenters. The third-order valence-electron chi connectivity index (χ3n) is 1.97. The van der Waals surface area contributed by atoms with Crippen LogP contribution in [0.5, 0.6) is 0 Å². The summed E-state index contributed by atoms with van der Waals surface area (Å²) < 4.78 is 25.1. The summed E-state index contributed by atoms with van der Waals surface area (Å²) in [4.78, 5) is 0.765. The summed E-state index contributed by atoms with van der Waals surface area (Å²) >= 11 is 1.41. The summed E-state index contributed by atoms with van der Waals surface area (Å²) in [7, 11) is -3.29. The molecule has 86 valence electrons. The third-order valence-corrected chi connectivity index (χ3v) is 4.75. The van der Waals surface area contributed by atoms with Gasteiger partial charge in [-0.2, -0.15) is 0 Å². The molecule has 0 saturated heterocycles. The van der Waals surface area contributed by atoms with E-state index in [1.54, 1.807) is 19.9 Å². The highest BCUT2D eigenvalue weighted by Crippen LogP contribution is 2.18. The van der Waals surface area contributed by atoms with Crippen LogP contribution in [0, 0.1) is 0 Å². The molecule has 1 rings (SSSR count). The molecular formula is C9H15NO3S2. The lowest BCUT2D eigenvalue weighted by atomic mass is 10.3. The van der Waals surface area contributed by atoms with Crippen molar-refractivity contribution in [3.63, 3.8) is 0 Å². The van der Waals surface area contributed by atoms with E-state index in [-0.39, 0.29) is 6.54 Å². The van der Waals surface area contributed by atoms with Crippen LogP contribution in [-0.4, -0.2) is 25.3 Å². The quantitative estimate of drug-likeness (QED) is 0.821. The van der Waals surface area contributed by atoms with Gasteiger partial charge in [-0.05, 0) is 25.3 Å². The van der Waals surface area contributed by atoms with E-state index >= 15 is 0 Å². The third kappa shape index (κ3) is 3.57. The number of aliphatic hydroxyl groups excluding tert-OH is 1. The Morgan fingerprint density at radius 2 is 2.20 bits per heavy atom. The van der Waals surface area contributed by atoms with Gasteiger partial charge in [-0.3, -0.25) is 0 Å². The molecule has 2 N–H and O–H groups in total. The van der Waals surface area contributed by atoms with Crippen LogP contribution in [0.25, 0.3) is 0 Å². The van der Waals surface area contributed by atoms with Gasteiger partial charge in [0.25, 0.3) is 0 Å². The number of hydrogen-bond acceptors (Lipinski definition) is 4. The second kappa shape index (κ2) is 5.07. The highest BCUT2D eigenvalue weighted by atomic mass is 32.2. The van der Waals surface area contributed by atoms with E-state index in [0.717, 1.165) is 4.88 Å². The molecule has 0 radical (unpaired) electrons. The Kier molecular flexibility index (Phi) is 4.27. The van der Waals surface area contributed by atoms with Crippen molar-refractivity contribution in [2.75, 3.05) is 6.54 Å². The molecule has 0 bridgehead atoms. The van der Waals surface area contributed by atoms with Gasteiger partial charge in [0.2, 0.25) is 10.0 Å². The second-order valence-corrected chi connectivity index (χ2v) is 6.77. The second-order valence-electron chi connectivity index (χ2n) is 3.47. The first-order chi connectivity index (χ1) is 6.93. The molecular weight excluding hydrogens is 234 g/mol. The highest BCUT2D eigenvalue weighted by Gasteiger charge is 2.17. The Balaban J connectivity index is 2.52.